The second-order valence-corrected chi connectivity index (χ2v) is 4.79. The molecule has 0 amide bonds. The van der Waals surface area contributed by atoms with Crippen LogP contribution in [0.15, 0.2) is 0 Å². The molecule has 2 N–H and O–H groups in total. The van der Waals surface area contributed by atoms with E-state index in [1.54, 1.807) is 0 Å². The minimum atomic E-state index is -0.635. The van der Waals surface area contributed by atoms with Crippen LogP contribution in [0.25, 0.3) is 0 Å². The Morgan fingerprint density at radius 3 is 2.50 bits per heavy atom. The first-order valence-electron chi connectivity index (χ1n) is 3.62. The van der Waals surface area contributed by atoms with Crippen molar-refractivity contribution < 1.29 is 9.53 Å². The van der Waals surface area contributed by atoms with Crippen molar-refractivity contribution in [2.24, 2.45) is 5.73 Å². The van der Waals surface area contributed by atoms with Crippen LogP contribution in [0.2, 0.25) is 0 Å². The van der Waals surface area contributed by atoms with Crippen LogP contribution in [-0.4, -0.2) is 29.1 Å². The largest absolute Gasteiger partial charge is 0.463 e. The Balaban J connectivity index is 3.72. The molecule has 0 aromatic heterocycles. The summed E-state index contributed by atoms with van der Waals surface area (Å²) in [6.07, 6.45) is 0. The summed E-state index contributed by atoms with van der Waals surface area (Å²) in [5.74, 6) is -0.127. The lowest BCUT2D eigenvalue weighted by atomic mass is 10.2. The normalized spacial score (nSPS) is 14.1. The topological polar surface area (TPSA) is 52.3 Å². The highest BCUT2D eigenvalue weighted by Gasteiger charge is 2.18. The average molecular weight is 209 g/mol. The molecule has 0 rings (SSSR count). The molecule has 1 unspecified atom stereocenters. The predicted octanol–water partition coefficient (Wildman–Crippen LogP) is 0.495. The smallest absolute Gasteiger partial charge is 0.323 e. The quantitative estimate of drug-likeness (QED) is 0.467. The number of carbonyl (C=O) groups excluding carboxylic acids is 1. The fourth-order valence-electron chi connectivity index (χ4n) is 0.429. The molecule has 0 aliphatic rings. The standard InChI is InChI=1S/C7H15NO2S2/c1-7(2,12)4-10-6(9)5(8)3-11/h5,11-12H,3-4,8H2,1-2H3. The van der Waals surface area contributed by atoms with Crippen molar-refractivity contribution in [3.8, 4) is 0 Å². The summed E-state index contributed by atoms with van der Waals surface area (Å²) in [5.41, 5.74) is 5.37. The van der Waals surface area contributed by atoms with Gasteiger partial charge in [-0.2, -0.15) is 25.3 Å². The summed E-state index contributed by atoms with van der Waals surface area (Å²) in [5, 5.41) is 0. The van der Waals surface area contributed by atoms with Gasteiger partial charge in [-0.15, -0.1) is 0 Å². The van der Waals surface area contributed by atoms with Gasteiger partial charge in [-0.1, -0.05) is 0 Å². The molecule has 1 atom stereocenters. The van der Waals surface area contributed by atoms with Gasteiger partial charge in [0, 0.05) is 10.5 Å². The highest BCUT2D eigenvalue weighted by molar-refractivity contribution is 7.81. The first-order chi connectivity index (χ1) is 5.37. The Morgan fingerprint density at radius 1 is 1.67 bits per heavy atom. The van der Waals surface area contributed by atoms with Crippen LogP contribution in [0, 0.1) is 0 Å². The number of hydrogen-bond donors (Lipinski definition) is 3. The maximum Gasteiger partial charge on any atom is 0.323 e. The third-order valence-electron chi connectivity index (χ3n) is 1.07. The van der Waals surface area contributed by atoms with E-state index in [2.05, 4.69) is 25.3 Å². The minimum Gasteiger partial charge on any atom is -0.463 e. The first-order valence-corrected chi connectivity index (χ1v) is 4.70. The molecule has 0 saturated heterocycles. The number of hydrogen-bond acceptors (Lipinski definition) is 5. The summed E-state index contributed by atoms with van der Waals surface area (Å²) in [6, 6.07) is -0.635. The van der Waals surface area contributed by atoms with Crippen molar-refractivity contribution in [2.45, 2.75) is 24.6 Å². The molecular weight excluding hydrogens is 194 g/mol. The molecule has 0 aliphatic heterocycles. The number of rotatable bonds is 4. The molecule has 12 heavy (non-hydrogen) atoms. The van der Waals surface area contributed by atoms with Gasteiger partial charge in [0.2, 0.25) is 0 Å². The summed E-state index contributed by atoms with van der Waals surface area (Å²) in [6.45, 7) is 3.97. The molecule has 0 saturated carbocycles. The molecule has 5 heteroatoms. The van der Waals surface area contributed by atoms with Gasteiger partial charge in [0.15, 0.2) is 0 Å². The van der Waals surface area contributed by atoms with Crippen LogP contribution in [0.1, 0.15) is 13.8 Å². The van der Waals surface area contributed by atoms with Gasteiger partial charge in [0.1, 0.15) is 12.6 Å². The highest BCUT2D eigenvalue weighted by Crippen LogP contribution is 2.11. The Hall–Kier alpha value is 0.130. The molecular formula is C7H15NO2S2. The Kier molecular flexibility index (Phi) is 5.04. The zero-order valence-corrected chi connectivity index (χ0v) is 9.07. The van der Waals surface area contributed by atoms with Crippen molar-refractivity contribution in [1.82, 2.24) is 0 Å². The van der Waals surface area contributed by atoms with E-state index in [1.807, 2.05) is 13.8 Å². The zero-order chi connectivity index (χ0) is 9.78. The Labute approximate surface area is 83.9 Å². The van der Waals surface area contributed by atoms with E-state index in [4.69, 9.17) is 10.5 Å². The molecule has 0 bridgehead atoms. The third-order valence-corrected chi connectivity index (χ3v) is 1.59. The summed E-state index contributed by atoms with van der Waals surface area (Å²) in [4.78, 5) is 11.0. The maximum atomic E-state index is 11.0. The molecule has 0 radical (unpaired) electrons. The van der Waals surface area contributed by atoms with Gasteiger partial charge in [-0.25, -0.2) is 0 Å². The van der Waals surface area contributed by atoms with Gasteiger partial charge in [0.05, 0.1) is 0 Å². The summed E-state index contributed by atoms with van der Waals surface area (Å²) >= 11 is 8.07. The van der Waals surface area contributed by atoms with Crippen LogP contribution in [0.5, 0.6) is 0 Å². The van der Waals surface area contributed by atoms with Crippen LogP contribution >= 0.6 is 25.3 Å². The molecule has 0 aromatic carbocycles. The fraction of sp³-hybridized carbons (Fsp3) is 0.857. The summed E-state index contributed by atoms with van der Waals surface area (Å²) < 4.78 is 4.56. The van der Waals surface area contributed by atoms with E-state index in [0.717, 1.165) is 0 Å². The van der Waals surface area contributed by atoms with E-state index in [0.29, 0.717) is 5.75 Å². The van der Waals surface area contributed by atoms with Crippen molar-refractivity contribution in [3.05, 3.63) is 0 Å². The van der Waals surface area contributed by atoms with Gasteiger partial charge in [0.25, 0.3) is 0 Å². The number of esters is 1. The second-order valence-electron chi connectivity index (χ2n) is 3.21. The number of thiol groups is 2. The average Bonchev–Trinajstić information content (AvgIpc) is 1.97. The van der Waals surface area contributed by atoms with Gasteiger partial charge >= 0.3 is 5.97 Å². The third kappa shape index (κ3) is 5.74. The molecule has 3 nitrogen and oxygen atoms in total. The van der Waals surface area contributed by atoms with E-state index >= 15 is 0 Å². The van der Waals surface area contributed by atoms with Crippen molar-refractivity contribution in [2.75, 3.05) is 12.4 Å². The van der Waals surface area contributed by atoms with Crippen molar-refractivity contribution in [1.29, 1.82) is 0 Å². The van der Waals surface area contributed by atoms with Crippen LogP contribution in [0.4, 0.5) is 0 Å². The molecule has 0 aromatic rings. The van der Waals surface area contributed by atoms with Crippen LogP contribution in [-0.2, 0) is 9.53 Å². The highest BCUT2D eigenvalue weighted by atomic mass is 32.1. The first kappa shape index (κ1) is 12.1. The monoisotopic (exact) mass is 209 g/mol. The van der Waals surface area contributed by atoms with Crippen molar-refractivity contribution in [3.63, 3.8) is 0 Å². The van der Waals surface area contributed by atoms with E-state index in [1.165, 1.54) is 0 Å². The predicted molar refractivity (Wildman–Crippen MR) is 55.9 cm³/mol. The summed E-state index contributed by atoms with van der Waals surface area (Å²) in [7, 11) is 0. The fourth-order valence-corrected chi connectivity index (χ4v) is 0.643. The lowest BCUT2D eigenvalue weighted by molar-refractivity contribution is -0.145. The second kappa shape index (κ2) is 4.99. The lowest BCUT2D eigenvalue weighted by Crippen LogP contribution is -2.36. The van der Waals surface area contributed by atoms with E-state index < -0.39 is 12.0 Å². The Morgan fingerprint density at radius 2 is 2.17 bits per heavy atom. The lowest BCUT2D eigenvalue weighted by Gasteiger charge is -2.18. The molecule has 72 valence electrons. The Bertz CT molecular complexity index is 156. The van der Waals surface area contributed by atoms with E-state index in [-0.39, 0.29) is 11.4 Å². The van der Waals surface area contributed by atoms with Crippen LogP contribution in [0.3, 0.4) is 0 Å². The molecule has 0 heterocycles. The minimum absolute atomic E-state index is 0.260. The van der Waals surface area contributed by atoms with Crippen molar-refractivity contribution >= 4 is 31.2 Å². The molecule has 0 aliphatic carbocycles. The maximum absolute atomic E-state index is 11.0. The SMILES string of the molecule is CC(C)(S)COC(=O)C(N)CS. The van der Waals surface area contributed by atoms with Gasteiger partial charge < -0.3 is 10.5 Å². The molecule has 0 fully saturated rings. The van der Waals surface area contributed by atoms with Gasteiger partial charge in [-0.3, -0.25) is 4.79 Å². The molecule has 0 spiro atoms. The van der Waals surface area contributed by atoms with E-state index in [9.17, 15) is 4.79 Å². The number of ether oxygens (including phenoxy) is 1. The number of carbonyl (C=O) groups is 1. The van der Waals surface area contributed by atoms with Gasteiger partial charge in [-0.05, 0) is 13.8 Å². The van der Waals surface area contributed by atoms with Crippen LogP contribution < -0.4 is 5.73 Å². The number of nitrogens with two attached hydrogens (primary N) is 1. The zero-order valence-electron chi connectivity index (χ0n) is 7.28.